The molecule has 15 heavy (non-hydrogen) atoms. The zero-order valence-electron chi connectivity index (χ0n) is 9.79. The van der Waals surface area contributed by atoms with Crippen LogP contribution in [0.25, 0.3) is 11.1 Å². The van der Waals surface area contributed by atoms with E-state index in [-0.39, 0.29) is 5.41 Å². The highest BCUT2D eigenvalue weighted by molar-refractivity contribution is 5.73. The summed E-state index contributed by atoms with van der Waals surface area (Å²) in [7, 11) is 0. The normalized spacial score (nSPS) is 12.3. The van der Waals surface area contributed by atoms with Crippen molar-refractivity contribution in [2.45, 2.75) is 39.5 Å². The molecular formula is C13H17NO. The molecule has 0 saturated carbocycles. The first-order valence-corrected chi connectivity index (χ1v) is 5.40. The molecule has 0 aliphatic carbocycles. The van der Waals surface area contributed by atoms with Gasteiger partial charge in [0.1, 0.15) is 5.52 Å². The standard InChI is InChI=1S/C13H17NO/c1-5-9-6-7-11-10(8-9)14-12(15-11)13(2,3)4/h6-8H,5H2,1-4H3. The van der Waals surface area contributed by atoms with Crippen molar-refractivity contribution in [1.82, 2.24) is 4.98 Å². The molecule has 0 amide bonds. The highest BCUT2D eigenvalue weighted by Crippen LogP contribution is 2.26. The van der Waals surface area contributed by atoms with E-state index in [0.717, 1.165) is 23.4 Å². The molecule has 2 heteroatoms. The van der Waals surface area contributed by atoms with E-state index < -0.39 is 0 Å². The quantitative estimate of drug-likeness (QED) is 0.706. The lowest BCUT2D eigenvalue weighted by Crippen LogP contribution is -2.10. The average Bonchev–Trinajstić information content (AvgIpc) is 2.59. The maximum Gasteiger partial charge on any atom is 0.200 e. The summed E-state index contributed by atoms with van der Waals surface area (Å²) >= 11 is 0. The lowest BCUT2D eigenvalue weighted by Gasteiger charge is -2.11. The molecular weight excluding hydrogens is 186 g/mol. The summed E-state index contributed by atoms with van der Waals surface area (Å²) in [5.74, 6) is 0.811. The highest BCUT2D eigenvalue weighted by Gasteiger charge is 2.20. The van der Waals surface area contributed by atoms with Crippen LogP contribution in [0.3, 0.4) is 0 Å². The number of hydrogen-bond acceptors (Lipinski definition) is 2. The van der Waals surface area contributed by atoms with E-state index in [4.69, 9.17) is 4.42 Å². The summed E-state index contributed by atoms with van der Waals surface area (Å²) in [6.07, 6.45) is 1.04. The topological polar surface area (TPSA) is 26.0 Å². The smallest absolute Gasteiger partial charge is 0.200 e. The second-order valence-corrected chi connectivity index (χ2v) is 4.92. The second kappa shape index (κ2) is 3.37. The van der Waals surface area contributed by atoms with Crippen LogP contribution in [0, 0.1) is 0 Å². The number of fused-ring (bicyclic) bond motifs is 1. The molecule has 1 aromatic carbocycles. The van der Waals surface area contributed by atoms with Crippen molar-refractivity contribution in [3.05, 3.63) is 29.7 Å². The Balaban J connectivity index is 2.56. The van der Waals surface area contributed by atoms with Crippen molar-refractivity contribution < 1.29 is 4.42 Å². The summed E-state index contributed by atoms with van der Waals surface area (Å²) < 4.78 is 5.72. The van der Waals surface area contributed by atoms with Crippen molar-refractivity contribution in [1.29, 1.82) is 0 Å². The van der Waals surface area contributed by atoms with Crippen LogP contribution in [0.4, 0.5) is 0 Å². The van der Waals surface area contributed by atoms with Crippen molar-refractivity contribution in [3.63, 3.8) is 0 Å². The first-order valence-electron chi connectivity index (χ1n) is 5.40. The van der Waals surface area contributed by atoms with Crippen molar-refractivity contribution in [2.75, 3.05) is 0 Å². The lowest BCUT2D eigenvalue weighted by atomic mass is 9.97. The average molecular weight is 203 g/mol. The van der Waals surface area contributed by atoms with Gasteiger partial charge in [0.25, 0.3) is 0 Å². The van der Waals surface area contributed by atoms with Crippen LogP contribution >= 0.6 is 0 Å². The Morgan fingerprint density at radius 3 is 2.60 bits per heavy atom. The number of aryl methyl sites for hydroxylation is 1. The van der Waals surface area contributed by atoms with Crippen molar-refractivity contribution >= 4 is 11.1 Å². The molecule has 80 valence electrons. The molecule has 0 fully saturated rings. The fourth-order valence-corrected chi connectivity index (χ4v) is 1.51. The fraction of sp³-hybridized carbons (Fsp3) is 0.462. The van der Waals surface area contributed by atoms with Crippen LogP contribution in [-0.4, -0.2) is 4.98 Å². The molecule has 0 aliphatic heterocycles. The number of aromatic nitrogens is 1. The number of rotatable bonds is 1. The first-order chi connectivity index (χ1) is 7.00. The third-order valence-corrected chi connectivity index (χ3v) is 2.50. The van der Waals surface area contributed by atoms with Gasteiger partial charge in [-0.25, -0.2) is 4.98 Å². The van der Waals surface area contributed by atoms with Crippen LogP contribution < -0.4 is 0 Å². The van der Waals surface area contributed by atoms with E-state index in [0.29, 0.717) is 0 Å². The summed E-state index contributed by atoms with van der Waals surface area (Å²) in [5, 5.41) is 0. The predicted octanol–water partition coefficient (Wildman–Crippen LogP) is 3.69. The second-order valence-electron chi connectivity index (χ2n) is 4.92. The minimum absolute atomic E-state index is 0.0224. The third kappa shape index (κ3) is 1.89. The number of nitrogens with zero attached hydrogens (tertiary/aromatic N) is 1. The van der Waals surface area contributed by atoms with Gasteiger partial charge in [0.2, 0.25) is 5.89 Å². The van der Waals surface area contributed by atoms with Crippen molar-refractivity contribution in [2.24, 2.45) is 0 Å². The monoisotopic (exact) mass is 203 g/mol. The Bertz CT molecular complexity index is 477. The van der Waals surface area contributed by atoms with Gasteiger partial charge in [-0.2, -0.15) is 0 Å². The summed E-state index contributed by atoms with van der Waals surface area (Å²) in [6, 6.07) is 6.21. The van der Waals surface area contributed by atoms with Gasteiger partial charge in [-0.1, -0.05) is 33.8 Å². The minimum Gasteiger partial charge on any atom is -0.440 e. The summed E-state index contributed by atoms with van der Waals surface area (Å²) in [4.78, 5) is 4.53. The van der Waals surface area contributed by atoms with Gasteiger partial charge in [-0.15, -0.1) is 0 Å². The van der Waals surface area contributed by atoms with Gasteiger partial charge in [-0.05, 0) is 24.1 Å². The molecule has 2 rings (SSSR count). The van der Waals surface area contributed by atoms with Crippen LogP contribution in [0.2, 0.25) is 0 Å². The van der Waals surface area contributed by atoms with E-state index in [9.17, 15) is 0 Å². The molecule has 0 saturated heterocycles. The predicted molar refractivity (Wildman–Crippen MR) is 62.1 cm³/mol. The number of benzene rings is 1. The molecule has 2 aromatic rings. The van der Waals surface area contributed by atoms with Gasteiger partial charge in [0, 0.05) is 5.41 Å². The Kier molecular flexibility index (Phi) is 2.29. The minimum atomic E-state index is -0.0224. The molecule has 0 atom stereocenters. The molecule has 0 bridgehead atoms. The van der Waals surface area contributed by atoms with E-state index in [1.807, 2.05) is 6.07 Å². The van der Waals surface area contributed by atoms with Gasteiger partial charge in [0.05, 0.1) is 0 Å². The van der Waals surface area contributed by atoms with Crippen LogP contribution in [0.5, 0.6) is 0 Å². The van der Waals surface area contributed by atoms with Crippen LogP contribution in [0.1, 0.15) is 39.1 Å². The Labute approximate surface area is 90.3 Å². The largest absolute Gasteiger partial charge is 0.440 e. The van der Waals surface area contributed by atoms with E-state index in [1.165, 1.54) is 5.56 Å². The van der Waals surface area contributed by atoms with E-state index in [1.54, 1.807) is 0 Å². The highest BCUT2D eigenvalue weighted by atomic mass is 16.3. The molecule has 2 nitrogen and oxygen atoms in total. The zero-order chi connectivity index (χ0) is 11.1. The lowest BCUT2D eigenvalue weighted by molar-refractivity contribution is 0.411. The Hall–Kier alpha value is -1.31. The van der Waals surface area contributed by atoms with Crippen molar-refractivity contribution in [3.8, 4) is 0 Å². The van der Waals surface area contributed by atoms with Crippen LogP contribution in [-0.2, 0) is 11.8 Å². The molecule has 1 heterocycles. The molecule has 0 aliphatic rings. The van der Waals surface area contributed by atoms with Gasteiger partial charge >= 0.3 is 0 Å². The maximum atomic E-state index is 5.72. The maximum absolute atomic E-state index is 5.72. The molecule has 1 aromatic heterocycles. The summed E-state index contributed by atoms with van der Waals surface area (Å²) in [5.41, 5.74) is 3.14. The van der Waals surface area contributed by atoms with E-state index >= 15 is 0 Å². The summed E-state index contributed by atoms with van der Waals surface area (Å²) in [6.45, 7) is 8.47. The third-order valence-electron chi connectivity index (χ3n) is 2.50. The van der Waals surface area contributed by atoms with Crippen LogP contribution in [0.15, 0.2) is 22.6 Å². The van der Waals surface area contributed by atoms with Gasteiger partial charge < -0.3 is 4.42 Å². The Morgan fingerprint density at radius 2 is 2.00 bits per heavy atom. The van der Waals surface area contributed by atoms with Gasteiger partial charge in [-0.3, -0.25) is 0 Å². The van der Waals surface area contributed by atoms with Gasteiger partial charge in [0.15, 0.2) is 5.58 Å². The molecule has 0 spiro atoms. The number of oxazole rings is 1. The molecule has 0 unspecified atom stereocenters. The van der Waals surface area contributed by atoms with E-state index in [2.05, 4.69) is 44.8 Å². The molecule has 0 N–H and O–H groups in total. The molecule has 0 radical (unpaired) electrons. The fourth-order valence-electron chi connectivity index (χ4n) is 1.51. The number of hydrogen-bond donors (Lipinski definition) is 0. The zero-order valence-corrected chi connectivity index (χ0v) is 9.79. The SMILES string of the molecule is CCc1ccc2oc(C(C)(C)C)nc2c1. The first kappa shape index (κ1) is 10.2. The Morgan fingerprint density at radius 1 is 1.27 bits per heavy atom.